The van der Waals surface area contributed by atoms with E-state index in [1.54, 1.807) is 12.4 Å². The molecule has 1 aromatic rings. The van der Waals surface area contributed by atoms with Gasteiger partial charge in [0.25, 0.3) is 0 Å². The van der Waals surface area contributed by atoms with E-state index in [4.69, 9.17) is 4.74 Å². The number of carbonyl (C=O) groups excluding carboxylic acids is 1. The Morgan fingerprint density at radius 1 is 1.50 bits per heavy atom. The van der Waals surface area contributed by atoms with Gasteiger partial charge in [-0.15, -0.1) is 0 Å². The molecular weight excluding hydrogens is 204 g/mol. The smallest absolute Gasteiger partial charge is 0.313 e. The van der Waals surface area contributed by atoms with Crippen LogP contribution in [0, 0.1) is 5.41 Å². The predicted molar refractivity (Wildman–Crippen MR) is 59.6 cm³/mol. The lowest BCUT2D eigenvalue weighted by atomic mass is 10.1. The van der Waals surface area contributed by atoms with Crippen LogP contribution in [0.5, 0.6) is 0 Å². The third kappa shape index (κ3) is 2.39. The summed E-state index contributed by atoms with van der Waals surface area (Å²) in [5, 5.41) is 3.29. The molecule has 0 saturated heterocycles. The van der Waals surface area contributed by atoms with E-state index < -0.39 is 0 Å². The van der Waals surface area contributed by atoms with Crippen molar-refractivity contribution in [2.45, 2.75) is 19.4 Å². The Kier molecular flexibility index (Phi) is 3.19. The van der Waals surface area contributed by atoms with E-state index in [0.29, 0.717) is 6.54 Å². The fraction of sp³-hybridized carbons (Fsp3) is 0.500. The summed E-state index contributed by atoms with van der Waals surface area (Å²) in [5.74, 6) is -0.0882. The maximum atomic E-state index is 11.5. The summed E-state index contributed by atoms with van der Waals surface area (Å²) in [6.45, 7) is 1.46. The zero-order chi connectivity index (χ0) is 11.4. The number of pyridine rings is 1. The number of ether oxygens (including phenoxy) is 1. The molecule has 1 aliphatic carbocycles. The van der Waals surface area contributed by atoms with E-state index in [9.17, 15) is 4.79 Å². The first-order valence-corrected chi connectivity index (χ1v) is 5.45. The van der Waals surface area contributed by atoms with Gasteiger partial charge in [-0.2, -0.15) is 0 Å². The monoisotopic (exact) mass is 220 g/mol. The fourth-order valence-electron chi connectivity index (χ4n) is 1.77. The first-order chi connectivity index (χ1) is 7.77. The molecule has 0 bridgehead atoms. The summed E-state index contributed by atoms with van der Waals surface area (Å²) in [6.07, 6.45) is 5.40. The summed E-state index contributed by atoms with van der Waals surface area (Å²) in [7, 11) is 1.45. The van der Waals surface area contributed by atoms with Crippen molar-refractivity contribution in [1.82, 2.24) is 10.3 Å². The number of methoxy groups -OCH3 is 1. The Morgan fingerprint density at radius 2 is 2.19 bits per heavy atom. The minimum absolute atomic E-state index is 0.0882. The predicted octanol–water partition coefficient (Wildman–Crippen LogP) is 1.12. The highest BCUT2D eigenvalue weighted by molar-refractivity contribution is 5.80. The van der Waals surface area contributed by atoms with Crippen molar-refractivity contribution in [2.75, 3.05) is 13.7 Å². The Hall–Kier alpha value is -1.42. The quantitative estimate of drug-likeness (QED) is 0.756. The van der Waals surface area contributed by atoms with Gasteiger partial charge in [-0.25, -0.2) is 0 Å². The average Bonchev–Trinajstić information content (AvgIpc) is 3.11. The highest BCUT2D eigenvalue weighted by Crippen LogP contribution is 2.46. The molecule has 1 heterocycles. The number of aromatic nitrogens is 1. The molecule has 0 atom stereocenters. The SMILES string of the molecule is COC(=O)C1(CNCc2ccncc2)CC1. The van der Waals surface area contributed by atoms with Gasteiger partial charge in [0.1, 0.15) is 0 Å². The molecule has 4 nitrogen and oxygen atoms in total. The van der Waals surface area contributed by atoms with E-state index in [2.05, 4.69) is 10.3 Å². The second kappa shape index (κ2) is 4.61. The molecule has 1 aromatic heterocycles. The van der Waals surface area contributed by atoms with E-state index >= 15 is 0 Å². The summed E-state index contributed by atoms with van der Waals surface area (Å²) in [5.41, 5.74) is 0.928. The van der Waals surface area contributed by atoms with Gasteiger partial charge in [-0.3, -0.25) is 9.78 Å². The van der Waals surface area contributed by atoms with Gasteiger partial charge in [0.05, 0.1) is 12.5 Å². The average molecular weight is 220 g/mol. The molecule has 1 saturated carbocycles. The Balaban J connectivity index is 1.79. The molecule has 16 heavy (non-hydrogen) atoms. The lowest BCUT2D eigenvalue weighted by Crippen LogP contribution is -2.30. The minimum Gasteiger partial charge on any atom is -0.469 e. The summed E-state index contributed by atoms with van der Waals surface area (Å²) < 4.78 is 4.79. The van der Waals surface area contributed by atoms with Gasteiger partial charge in [0.2, 0.25) is 0 Å². The van der Waals surface area contributed by atoms with Crippen LogP contribution in [-0.4, -0.2) is 24.6 Å². The van der Waals surface area contributed by atoms with Crippen molar-refractivity contribution >= 4 is 5.97 Å². The summed E-state index contributed by atoms with van der Waals surface area (Å²) in [4.78, 5) is 15.4. The number of nitrogens with zero attached hydrogens (tertiary/aromatic N) is 1. The van der Waals surface area contributed by atoms with Gasteiger partial charge in [0, 0.05) is 25.5 Å². The number of carbonyl (C=O) groups is 1. The molecule has 1 fully saturated rings. The Bertz CT molecular complexity index is 361. The van der Waals surface area contributed by atoms with E-state index in [1.165, 1.54) is 12.7 Å². The largest absolute Gasteiger partial charge is 0.469 e. The first-order valence-electron chi connectivity index (χ1n) is 5.45. The van der Waals surface area contributed by atoms with Crippen molar-refractivity contribution in [2.24, 2.45) is 5.41 Å². The van der Waals surface area contributed by atoms with E-state index in [-0.39, 0.29) is 11.4 Å². The van der Waals surface area contributed by atoms with Gasteiger partial charge in [-0.1, -0.05) is 0 Å². The molecule has 0 unspecified atom stereocenters. The molecule has 0 aliphatic heterocycles. The van der Waals surface area contributed by atoms with Gasteiger partial charge >= 0.3 is 5.97 Å². The molecular formula is C12H16N2O2. The van der Waals surface area contributed by atoms with Crippen molar-refractivity contribution in [3.63, 3.8) is 0 Å². The third-order valence-corrected chi connectivity index (χ3v) is 3.01. The van der Waals surface area contributed by atoms with Gasteiger partial charge < -0.3 is 10.1 Å². The van der Waals surface area contributed by atoms with E-state index in [0.717, 1.165) is 19.4 Å². The van der Waals surface area contributed by atoms with Crippen LogP contribution in [0.25, 0.3) is 0 Å². The lowest BCUT2D eigenvalue weighted by molar-refractivity contribution is -0.146. The van der Waals surface area contributed by atoms with Crippen LogP contribution in [0.15, 0.2) is 24.5 Å². The second-order valence-electron chi connectivity index (χ2n) is 4.23. The fourth-order valence-corrected chi connectivity index (χ4v) is 1.77. The third-order valence-electron chi connectivity index (χ3n) is 3.01. The number of hydrogen-bond donors (Lipinski definition) is 1. The van der Waals surface area contributed by atoms with Crippen LogP contribution in [0.2, 0.25) is 0 Å². The summed E-state index contributed by atoms with van der Waals surface area (Å²) in [6, 6.07) is 3.93. The van der Waals surface area contributed by atoms with Crippen molar-refractivity contribution in [3.05, 3.63) is 30.1 Å². The standard InChI is InChI=1S/C12H16N2O2/c1-16-11(15)12(4-5-12)9-14-8-10-2-6-13-7-3-10/h2-3,6-7,14H,4-5,8-9H2,1H3. The van der Waals surface area contributed by atoms with Crippen molar-refractivity contribution in [3.8, 4) is 0 Å². The molecule has 2 rings (SSSR count). The van der Waals surface area contributed by atoms with Crippen LogP contribution < -0.4 is 5.32 Å². The first kappa shape index (κ1) is 11.1. The molecule has 0 amide bonds. The number of rotatable bonds is 5. The zero-order valence-corrected chi connectivity index (χ0v) is 9.40. The van der Waals surface area contributed by atoms with Crippen LogP contribution >= 0.6 is 0 Å². The topological polar surface area (TPSA) is 51.2 Å². The van der Waals surface area contributed by atoms with E-state index in [1.807, 2.05) is 12.1 Å². The van der Waals surface area contributed by atoms with Gasteiger partial charge in [-0.05, 0) is 30.5 Å². The van der Waals surface area contributed by atoms with Crippen LogP contribution in [0.4, 0.5) is 0 Å². The highest BCUT2D eigenvalue weighted by Gasteiger charge is 2.50. The molecule has 1 N–H and O–H groups in total. The van der Waals surface area contributed by atoms with Crippen LogP contribution in [0.3, 0.4) is 0 Å². The van der Waals surface area contributed by atoms with Crippen LogP contribution in [0.1, 0.15) is 18.4 Å². The maximum absolute atomic E-state index is 11.5. The van der Waals surface area contributed by atoms with Crippen LogP contribution in [-0.2, 0) is 16.1 Å². The van der Waals surface area contributed by atoms with Crippen molar-refractivity contribution in [1.29, 1.82) is 0 Å². The number of nitrogens with one attached hydrogen (secondary N) is 1. The molecule has 1 aliphatic rings. The number of esters is 1. The molecule has 86 valence electrons. The Labute approximate surface area is 95.0 Å². The van der Waals surface area contributed by atoms with Gasteiger partial charge in [0.15, 0.2) is 0 Å². The van der Waals surface area contributed by atoms with Crippen molar-refractivity contribution < 1.29 is 9.53 Å². The minimum atomic E-state index is -0.248. The molecule has 0 aromatic carbocycles. The lowest BCUT2D eigenvalue weighted by Gasteiger charge is -2.13. The summed E-state index contributed by atoms with van der Waals surface area (Å²) >= 11 is 0. The second-order valence-corrected chi connectivity index (χ2v) is 4.23. The molecule has 0 spiro atoms. The molecule has 0 radical (unpaired) electrons. The highest BCUT2D eigenvalue weighted by atomic mass is 16.5. The molecule has 4 heteroatoms. The normalized spacial score (nSPS) is 16.8. The zero-order valence-electron chi connectivity index (χ0n) is 9.40. The Morgan fingerprint density at radius 3 is 2.75 bits per heavy atom. The maximum Gasteiger partial charge on any atom is 0.313 e. The number of hydrogen-bond acceptors (Lipinski definition) is 4.